The Morgan fingerprint density at radius 3 is 2.62 bits per heavy atom. The van der Waals surface area contributed by atoms with Gasteiger partial charge in [-0.25, -0.2) is 14.4 Å². The summed E-state index contributed by atoms with van der Waals surface area (Å²) in [6, 6.07) is 13.1. The molecule has 4 rings (SSSR count). The van der Waals surface area contributed by atoms with E-state index in [1.165, 1.54) is 34.4 Å². The number of benzene rings is 2. The maximum Gasteiger partial charge on any atom is 0.152 e. The van der Waals surface area contributed by atoms with E-state index in [4.69, 9.17) is 9.97 Å². The van der Waals surface area contributed by atoms with Crippen molar-refractivity contribution in [2.24, 2.45) is 0 Å². The van der Waals surface area contributed by atoms with Gasteiger partial charge in [0.05, 0.1) is 17.1 Å². The summed E-state index contributed by atoms with van der Waals surface area (Å²) in [4.78, 5) is 10.2. The van der Waals surface area contributed by atoms with Crippen molar-refractivity contribution >= 4 is 5.82 Å². The first-order valence-electron chi connectivity index (χ1n) is 11.9. The maximum absolute atomic E-state index is 13.3. The van der Waals surface area contributed by atoms with Crippen molar-refractivity contribution in [2.75, 3.05) is 5.32 Å². The third-order valence-corrected chi connectivity index (χ3v) is 6.22. The fourth-order valence-corrected chi connectivity index (χ4v) is 4.44. The lowest BCUT2D eigenvalue weighted by Crippen LogP contribution is -2.14. The Labute approximate surface area is 202 Å². The molecular formula is C30H32FN3. The zero-order chi connectivity index (χ0) is 24.1. The maximum atomic E-state index is 13.3. The highest BCUT2D eigenvalue weighted by Crippen LogP contribution is 2.34. The highest BCUT2D eigenvalue weighted by Gasteiger charge is 2.22. The smallest absolute Gasteiger partial charge is 0.152 e. The predicted octanol–water partition coefficient (Wildman–Crippen LogP) is 7.31. The van der Waals surface area contributed by atoms with E-state index in [2.05, 4.69) is 62.2 Å². The Morgan fingerprint density at radius 2 is 1.88 bits per heavy atom. The average molecular weight is 454 g/mol. The molecule has 0 bridgehead atoms. The van der Waals surface area contributed by atoms with E-state index >= 15 is 0 Å². The van der Waals surface area contributed by atoms with Gasteiger partial charge in [0.2, 0.25) is 0 Å². The molecule has 3 nitrogen and oxygen atoms in total. The number of halogens is 1. The molecule has 4 heteroatoms. The van der Waals surface area contributed by atoms with Crippen LogP contribution < -0.4 is 5.32 Å². The van der Waals surface area contributed by atoms with Crippen molar-refractivity contribution in [3.8, 4) is 11.3 Å². The quantitative estimate of drug-likeness (QED) is 0.363. The van der Waals surface area contributed by atoms with Crippen LogP contribution in [-0.4, -0.2) is 9.97 Å². The van der Waals surface area contributed by atoms with Crippen LogP contribution in [0.5, 0.6) is 0 Å². The van der Waals surface area contributed by atoms with Gasteiger partial charge in [-0.1, -0.05) is 66.3 Å². The summed E-state index contributed by atoms with van der Waals surface area (Å²) in [7, 11) is 0. The first kappa shape index (κ1) is 23.6. The lowest BCUT2D eigenvalue weighted by molar-refractivity contribution is 0.627. The number of aromatic nitrogens is 2. The average Bonchev–Trinajstić information content (AvgIpc) is 2.83. The van der Waals surface area contributed by atoms with Gasteiger partial charge in [-0.05, 0) is 69.7 Å². The molecule has 0 unspecified atom stereocenters. The van der Waals surface area contributed by atoms with Gasteiger partial charge in [-0.2, -0.15) is 0 Å². The normalized spacial score (nSPS) is 13.0. The Kier molecular flexibility index (Phi) is 7.36. The molecule has 1 aromatic heterocycles. The number of aryl methyl sites for hydroxylation is 4. The molecule has 1 aliphatic carbocycles. The van der Waals surface area contributed by atoms with Crippen LogP contribution >= 0.6 is 0 Å². The van der Waals surface area contributed by atoms with Gasteiger partial charge in [-0.3, -0.25) is 0 Å². The standard InChI is InChI=1S/C30H32FN3/c1-5-7-22(6-2)11-16-28-30(32-21(4)19-23-9-13-25(31)14-10-23)34-27-17-12-24-18-20(3)8-15-26(24)29(27)33-28/h5-10,13-15,18H,4,11-12,16-17,19H2,1-3H3,(H,32,34)/b7-5-,22-6+. The first-order valence-corrected chi connectivity index (χ1v) is 11.9. The lowest BCUT2D eigenvalue weighted by Gasteiger charge is -2.22. The summed E-state index contributed by atoms with van der Waals surface area (Å²) in [5.41, 5.74) is 9.86. The van der Waals surface area contributed by atoms with Crippen LogP contribution in [0.25, 0.3) is 11.3 Å². The minimum Gasteiger partial charge on any atom is -0.343 e. The molecule has 0 spiro atoms. The topological polar surface area (TPSA) is 37.8 Å². The van der Waals surface area contributed by atoms with Crippen LogP contribution in [0.1, 0.15) is 48.3 Å². The van der Waals surface area contributed by atoms with E-state index < -0.39 is 0 Å². The summed E-state index contributed by atoms with van der Waals surface area (Å²) in [5.74, 6) is 0.541. The van der Waals surface area contributed by atoms with Gasteiger partial charge in [0.25, 0.3) is 0 Å². The van der Waals surface area contributed by atoms with Crippen molar-refractivity contribution in [1.29, 1.82) is 0 Å². The van der Waals surface area contributed by atoms with E-state index in [1.54, 1.807) is 12.1 Å². The van der Waals surface area contributed by atoms with Gasteiger partial charge in [0.15, 0.2) is 5.82 Å². The highest BCUT2D eigenvalue weighted by molar-refractivity contribution is 5.70. The SMILES string of the molecule is C=C(Cc1ccc(F)cc1)Nc1nc2c(nc1CCC(/C=C\C)=C/C)-c1ccc(C)cc1CC2. The number of rotatable bonds is 8. The van der Waals surface area contributed by atoms with E-state index in [0.29, 0.717) is 6.42 Å². The summed E-state index contributed by atoms with van der Waals surface area (Å²) < 4.78 is 13.3. The monoisotopic (exact) mass is 453 g/mol. The fourth-order valence-electron chi connectivity index (χ4n) is 4.44. The van der Waals surface area contributed by atoms with Crippen molar-refractivity contribution in [3.63, 3.8) is 0 Å². The molecule has 1 heterocycles. The largest absolute Gasteiger partial charge is 0.343 e. The Morgan fingerprint density at radius 1 is 1.09 bits per heavy atom. The van der Waals surface area contributed by atoms with Crippen LogP contribution in [0.3, 0.4) is 0 Å². The summed E-state index contributed by atoms with van der Waals surface area (Å²) in [5, 5.41) is 3.43. The van der Waals surface area contributed by atoms with Gasteiger partial charge < -0.3 is 5.32 Å². The molecule has 2 aromatic carbocycles. The minimum atomic E-state index is -0.235. The predicted molar refractivity (Wildman–Crippen MR) is 139 cm³/mol. The molecule has 34 heavy (non-hydrogen) atoms. The Hall–Kier alpha value is -3.53. The second kappa shape index (κ2) is 10.6. The summed E-state index contributed by atoms with van der Waals surface area (Å²) in [6.07, 6.45) is 10.4. The molecule has 0 fully saturated rings. The van der Waals surface area contributed by atoms with E-state index in [-0.39, 0.29) is 5.82 Å². The molecule has 3 aromatic rings. The summed E-state index contributed by atoms with van der Waals surface area (Å²) >= 11 is 0. The van der Waals surface area contributed by atoms with Gasteiger partial charge in [-0.15, -0.1) is 0 Å². The molecule has 1 aliphatic rings. The zero-order valence-electron chi connectivity index (χ0n) is 20.3. The fraction of sp³-hybridized carbons (Fsp3) is 0.267. The third kappa shape index (κ3) is 5.51. The number of fused-ring (bicyclic) bond motifs is 3. The molecule has 1 N–H and O–H groups in total. The number of hydrogen-bond donors (Lipinski definition) is 1. The molecule has 0 radical (unpaired) electrons. The van der Waals surface area contributed by atoms with Crippen molar-refractivity contribution in [2.45, 2.75) is 52.9 Å². The number of hydrogen-bond acceptors (Lipinski definition) is 3. The second-order valence-corrected chi connectivity index (χ2v) is 8.87. The first-order chi connectivity index (χ1) is 16.5. The number of nitrogens with zero attached hydrogens (tertiary/aromatic N) is 2. The third-order valence-electron chi connectivity index (χ3n) is 6.22. The Balaban J connectivity index is 1.65. The number of nitrogens with one attached hydrogen (secondary N) is 1. The van der Waals surface area contributed by atoms with Gasteiger partial charge in [0.1, 0.15) is 5.82 Å². The lowest BCUT2D eigenvalue weighted by atomic mass is 9.90. The molecule has 174 valence electrons. The van der Waals surface area contributed by atoms with Crippen molar-refractivity contribution in [3.05, 3.63) is 112 Å². The van der Waals surface area contributed by atoms with Crippen LogP contribution in [0.4, 0.5) is 10.2 Å². The van der Waals surface area contributed by atoms with Gasteiger partial charge in [0, 0.05) is 17.7 Å². The highest BCUT2D eigenvalue weighted by atomic mass is 19.1. The molecule has 0 saturated carbocycles. The van der Waals surface area contributed by atoms with Crippen LogP contribution in [0.15, 0.2) is 78.5 Å². The van der Waals surface area contributed by atoms with E-state index in [0.717, 1.165) is 59.8 Å². The zero-order valence-corrected chi connectivity index (χ0v) is 20.3. The molecule has 0 saturated heterocycles. The molecule has 0 atom stereocenters. The summed E-state index contributed by atoms with van der Waals surface area (Å²) in [6.45, 7) is 10.4. The molecule has 0 amide bonds. The second-order valence-electron chi connectivity index (χ2n) is 8.87. The minimum absolute atomic E-state index is 0.235. The van der Waals surface area contributed by atoms with Crippen molar-refractivity contribution < 1.29 is 4.39 Å². The van der Waals surface area contributed by atoms with Gasteiger partial charge >= 0.3 is 0 Å². The van der Waals surface area contributed by atoms with Crippen LogP contribution in [0, 0.1) is 12.7 Å². The van der Waals surface area contributed by atoms with Crippen molar-refractivity contribution in [1.82, 2.24) is 9.97 Å². The molecule has 0 aliphatic heterocycles. The van der Waals surface area contributed by atoms with E-state index in [1.807, 2.05) is 6.92 Å². The van der Waals surface area contributed by atoms with Crippen LogP contribution in [0.2, 0.25) is 0 Å². The van der Waals surface area contributed by atoms with E-state index in [9.17, 15) is 4.39 Å². The number of allylic oxidation sites excluding steroid dienone is 5. The molecular weight excluding hydrogens is 421 g/mol. The number of anilines is 1. The Bertz CT molecular complexity index is 1250. The van der Waals surface area contributed by atoms with Crippen LogP contribution in [-0.2, 0) is 25.7 Å².